The normalized spacial score (nSPS) is 22.1. The van der Waals surface area contributed by atoms with Crippen LogP contribution < -0.4 is 14.8 Å². The van der Waals surface area contributed by atoms with Gasteiger partial charge in [-0.15, -0.1) is 0 Å². The molecule has 0 saturated carbocycles. The Kier molecular flexibility index (Phi) is 6.91. The van der Waals surface area contributed by atoms with Crippen molar-refractivity contribution in [3.05, 3.63) is 81.1 Å². The van der Waals surface area contributed by atoms with Crippen molar-refractivity contribution in [2.24, 2.45) is 5.92 Å². The topological polar surface area (TPSA) is 73.9 Å². The van der Waals surface area contributed by atoms with E-state index < -0.39 is 17.8 Å². The average molecular weight is 502 g/mol. The van der Waals surface area contributed by atoms with Gasteiger partial charge in [0.15, 0.2) is 17.3 Å². The number of allylic oxidation sites excluding steroid dienone is 2. The largest absolute Gasteiger partial charge is 0.493 e. The molecule has 0 amide bonds. The molecule has 0 fully saturated rings. The Hall–Kier alpha value is -2.96. The zero-order chi connectivity index (χ0) is 24.6. The molecule has 0 spiro atoms. The van der Waals surface area contributed by atoms with E-state index in [-0.39, 0.29) is 18.1 Å². The molecule has 0 saturated heterocycles. The fourth-order valence-electron chi connectivity index (χ4n) is 4.86. The minimum absolute atomic E-state index is 0.0500. The molecule has 6 nitrogen and oxygen atoms in total. The molecule has 0 aromatic heterocycles. The second-order valence-corrected chi connectivity index (χ2v) is 9.15. The van der Waals surface area contributed by atoms with E-state index in [0.717, 1.165) is 11.3 Å². The van der Waals surface area contributed by atoms with Crippen LogP contribution in [0.3, 0.4) is 0 Å². The van der Waals surface area contributed by atoms with Gasteiger partial charge in [-0.05, 0) is 47.7 Å². The number of esters is 1. The molecule has 1 N–H and O–H groups in total. The quantitative estimate of drug-likeness (QED) is 0.552. The van der Waals surface area contributed by atoms with E-state index in [1.165, 1.54) is 7.11 Å². The molecule has 1 heterocycles. The Morgan fingerprint density at radius 2 is 1.68 bits per heavy atom. The highest BCUT2D eigenvalue weighted by atomic mass is 35.5. The fourth-order valence-corrected chi connectivity index (χ4v) is 5.17. The highest BCUT2D eigenvalue weighted by Gasteiger charge is 2.45. The number of halogens is 2. The van der Waals surface area contributed by atoms with Crippen LogP contribution in [0.5, 0.6) is 11.5 Å². The van der Waals surface area contributed by atoms with Gasteiger partial charge in [0.25, 0.3) is 0 Å². The van der Waals surface area contributed by atoms with Gasteiger partial charge in [-0.3, -0.25) is 9.59 Å². The number of carbonyl (C=O) groups is 2. The average Bonchev–Trinajstić information content (AvgIpc) is 2.83. The molecule has 8 heteroatoms. The SMILES string of the molecule is C=C1NC2=C(C(=O)CC(c3ccc(OC)c(OC)c3)C2)C(c2ccc(Cl)c(Cl)c2)C1C(=O)OC. The van der Waals surface area contributed by atoms with Crippen molar-refractivity contribution >= 4 is 35.0 Å². The summed E-state index contributed by atoms with van der Waals surface area (Å²) in [7, 11) is 4.48. The highest BCUT2D eigenvalue weighted by molar-refractivity contribution is 6.42. The van der Waals surface area contributed by atoms with E-state index in [1.54, 1.807) is 32.4 Å². The van der Waals surface area contributed by atoms with Crippen LogP contribution in [0.4, 0.5) is 0 Å². The zero-order valence-corrected chi connectivity index (χ0v) is 20.6. The van der Waals surface area contributed by atoms with Gasteiger partial charge < -0.3 is 19.5 Å². The molecule has 1 aliphatic carbocycles. The summed E-state index contributed by atoms with van der Waals surface area (Å²) in [6.45, 7) is 4.09. The molecular formula is C26H25Cl2NO5. The Morgan fingerprint density at radius 3 is 2.32 bits per heavy atom. The van der Waals surface area contributed by atoms with E-state index in [0.29, 0.717) is 44.8 Å². The molecular weight excluding hydrogens is 477 g/mol. The van der Waals surface area contributed by atoms with Crippen LogP contribution in [0.25, 0.3) is 0 Å². The maximum absolute atomic E-state index is 13.6. The number of benzene rings is 2. The van der Waals surface area contributed by atoms with Gasteiger partial charge >= 0.3 is 5.97 Å². The van der Waals surface area contributed by atoms with Gasteiger partial charge in [0.2, 0.25) is 0 Å². The van der Waals surface area contributed by atoms with Gasteiger partial charge in [0.1, 0.15) is 5.92 Å². The Labute approximate surface area is 208 Å². The number of hydrogen-bond donors (Lipinski definition) is 1. The summed E-state index contributed by atoms with van der Waals surface area (Å²) >= 11 is 12.4. The molecule has 34 heavy (non-hydrogen) atoms. The first-order valence-electron chi connectivity index (χ1n) is 10.8. The number of hydrogen-bond acceptors (Lipinski definition) is 6. The summed E-state index contributed by atoms with van der Waals surface area (Å²) < 4.78 is 15.8. The fraction of sp³-hybridized carbons (Fsp3) is 0.308. The maximum atomic E-state index is 13.6. The molecule has 178 valence electrons. The predicted molar refractivity (Wildman–Crippen MR) is 131 cm³/mol. The van der Waals surface area contributed by atoms with Crippen LogP contribution >= 0.6 is 23.2 Å². The summed E-state index contributed by atoms with van der Waals surface area (Å²) in [4.78, 5) is 26.4. The predicted octanol–water partition coefficient (Wildman–Crippen LogP) is 5.40. The van der Waals surface area contributed by atoms with Crippen molar-refractivity contribution in [1.29, 1.82) is 0 Å². The van der Waals surface area contributed by atoms with E-state index >= 15 is 0 Å². The van der Waals surface area contributed by atoms with E-state index in [4.69, 9.17) is 37.4 Å². The molecule has 3 atom stereocenters. The van der Waals surface area contributed by atoms with Gasteiger partial charge in [0.05, 0.1) is 31.4 Å². The molecule has 0 bridgehead atoms. The van der Waals surface area contributed by atoms with Crippen molar-refractivity contribution in [2.45, 2.75) is 24.7 Å². The lowest BCUT2D eigenvalue weighted by molar-refractivity contribution is -0.144. The Morgan fingerprint density at radius 1 is 0.971 bits per heavy atom. The standard InChI is InChI=1S/C26H25Cl2NO5/c1-13-23(26(31)34-4)24(15-5-7-17(27)18(28)9-15)25-19(29-13)10-16(11-20(25)30)14-6-8-21(32-2)22(12-14)33-3/h5-9,12,16,23-24,29H,1,10-11H2,2-4H3. The summed E-state index contributed by atoms with van der Waals surface area (Å²) in [5, 5.41) is 3.98. The van der Waals surface area contributed by atoms with Crippen LogP contribution in [-0.4, -0.2) is 33.1 Å². The lowest BCUT2D eigenvalue weighted by Crippen LogP contribution is -2.42. The van der Waals surface area contributed by atoms with Crippen molar-refractivity contribution in [3.63, 3.8) is 0 Å². The van der Waals surface area contributed by atoms with Crippen LogP contribution in [0.15, 0.2) is 59.9 Å². The maximum Gasteiger partial charge on any atom is 0.315 e. The number of carbonyl (C=O) groups excluding carboxylic acids is 2. The summed E-state index contributed by atoms with van der Waals surface area (Å²) in [5.74, 6) is -0.727. The highest BCUT2D eigenvalue weighted by Crippen LogP contribution is 2.48. The Balaban J connectivity index is 1.79. The minimum atomic E-state index is -0.775. The van der Waals surface area contributed by atoms with Crippen LogP contribution in [0.1, 0.15) is 35.8 Å². The molecule has 2 aliphatic rings. The number of rotatable bonds is 5. The number of ether oxygens (including phenoxy) is 3. The monoisotopic (exact) mass is 501 g/mol. The molecule has 2 aromatic carbocycles. The molecule has 4 rings (SSSR count). The Bertz CT molecular complexity index is 1210. The first kappa shape index (κ1) is 24.2. The smallest absolute Gasteiger partial charge is 0.315 e. The number of methoxy groups -OCH3 is 3. The van der Waals surface area contributed by atoms with Crippen molar-refractivity contribution < 1.29 is 23.8 Å². The van der Waals surface area contributed by atoms with Crippen LogP contribution in [-0.2, 0) is 14.3 Å². The first-order chi connectivity index (χ1) is 16.3. The van der Waals surface area contributed by atoms with Crippen LogP contribution in [0.2, 0.25) is 10.0 Å². The van der Waals surface area contributed by atoms with Crippen LogP contribution in [0, 0.1) is 5.92 Å². The van der Waals surface area contributed by atoms with Crippen molar-refractivity contribution in [1.82, 2.24) is 5.32 Å². The van der Waals surface area contributed by atoms with Gasteiger partial charge in [-0.1, -0.05) is 41.9 Å². The van der Waals surface area contributed by atoms with E-state index in [9.17, 15) is 9.59 Å². The van der Waals surface area contributed by atoms with Gasteiger partial charge in [-0.25, -0.2) is 0 Å². The minimum Gasteiger partial charge on any atom is -0.493 e. The van der Waals surface area contributed by atoms with Crippen molar-refractivity contribution in [2.75, 3.05) is 21.3 Å². The number of Topliss-reactive ketones (excluding diaryl/α,β-unsaturated/α-hetero) is 1. The summed E-state index contributed by atoms with van der Waals surface area (Å²) in [6.07, 6.45) is 0.857. The lowest BCUT2D eigenvalue weighted by atomic mass is 9.69. The third-order valence-electron chi connectivity index (χ3n) is 6.48. The van der Waals surface area contributed by atoms with E-state index in [2.05, 4.69) is 11.9 Å². The van der Waals surface area contributed by atoms with Gasteiger partial charge in [-0.2, -0.15) is 0 Å². The molecule has 3 unspecified atom stereocenters. The first-order valence-corrected chi connectivity index (χ1v) is 11.5. The summed E-state index contributed by atoms with van der Waals surface area (Å²) in [6, 6.07) is 10.8. The second kappa shape index (κ2) is 9.72. The van der Waals surface area contributed by atoms with Gasteiger partial charge in [0, 0.05) is 29.3 Å². The molecule has 2 aromatic rings. The third-order valence-corrected chi connectivity index (χ3v) is 7.21. The number of ketones is 1. The van der Waals surface area contributed by atoms with E-state index in [1.807, 2.05) is 18.2 Å². The molecule has 0 radical (unpaired) electrons. The lowest BCUT2D eigenvalue weighted by Gasteiger charge is -2.40. The second-order valence-electron chi connectivity index (χ2n) is 8.34. The summed E-state index contributed by atoms with van der Waals surface area (Å²) in [5.41, 5.74) is 3.45. The van der Waals surface area contributed by atoms with Crippen molar-refractivity contribution in [3.8, 4) is 11.5 Å². The number of nitrogens with one attached hydrogen (secondary N) is 1. The zero-order valence-electron chi connectivity index (χ0n) is 19.1. The third kappa shape index (κ3) is 4.28. The molecule has 1 aliphatic heterocycles.